The van der Waals surface area contributed by atoms with Crippen LogP contribution in [0.25, 0.3) is 0 Å². The molecule has 0 spiro atoms. The lowest BCUT2D eigenvalue weighted by molar-refractivity contribution is 0.830. The molecule has 2 aromatic rings. The molecule has 0 saturated carbocycles. The lowest BCUT2D eigenvalue weighted by Gasteiger charge is -2.24. The Hall–Kier alpha value is -2.10. The fourth-order valence-corrected chi connectivity index (χ4v) is 2.96. The first-order chi connectivity index (χ1) is 10.2. The van der Waals surface area contributed by atoms with E-state index in [0.717, 1.165) is 43.5 Å². The summed E-state index contributed by atoms with van der Waals surface area (Å²) in [4.78, 5) is 13.8. The van der Waals surface area contributed by atoms with Crippen molar-refractivity contribution in [2.24, 2.45) is 0 Å². The summed E-state index contributed by atoms with van der Waals surface area (Å²) in [5.74, 6) is 2.86. The summed E-state index contributed by atoms with van der Waals surface area (Å²) >= 11 is 0. The first-order valence-corrected chi connectivity index (χ1v) is 7.69. The number of aryl methyl sites for hydroxylation is 1. The van der Waals surface area contributed by atoms with Gasteiger partial charge in [-0.05, 0) is 38.8 Å². The van der Waals surface area contributed by atoms with Crippen molar-refractivity contribution in [3.05, 3.63) is 41.7 Å². The van der Waals surface area contributed by atoms with E-state index >= 15 is 0 Å². The van der Waals surface area contributed by atoms with Gasteiger partial charge < -0.3 is 9.80 Å². The zero-order valence-corrected chi connectivity index (χ0v) is 13.0. The van der Waals surface area contributed by atoms with E-state index in [1.165, 1.54) is 11.3 Å². The number of rotatable bonds is 4. The van der Waals surface area contributed by atoms with Crippen LogP contribution in [0.3, 0.4) is 0 Å². The molecule has 21 heavy (non-hydrogen) atoms. The summed E-state index contributed by atoms with van der Waals surface area (Å²) in [6, 6.07) is 10.7. The van der Waals surface area contributed by atoms with Crippen molar-refractivity contribution in [2.75, 3.05) is 29.4 Å². The third kappa shape index (κ3) is 2.58. The van der Waals surface area contributed by atoms with Crippen LogP contribution >= 0.6 is 0 Å². The molecule has 0 N–H and O–H groups in total. The Balaban J connectivity index is 2.00. The fourth-order valence-electron chi connectivity index (χ4n) is 2.96. The molecular weight excluding hydrogens is 260 g/mol. The van der Waals surface area contributed by atoms with Crippen molar-refractivity contribution in [1.82, 2.24) is 9.97 Å². The van der Waals surface area contributed by atoms with Crippen molar-refractivity contribution in [2.45, 2.75) is 27.2 Å². The molecule has 3 rings (SSSR count). The number of nitrogens with zero attached hydrogens (tertiary/aromatic N) is 4. The molecule has 0 amide bonds. The average molecular weight is 282 g/mol. The Labute approximate surface area is 126 Å². The largest absolute Gasteiger partial charge is 0.357 e. The quantitative estimate of drug-likeness (QED) is 0.861. The van der Waals surface area contributed by atoms with E-state index in [0.29, 0.717) is 0 Å². The zero-order valence-electron chi connectivity index (χ0n) is 13.0. The van der Waals surface area contributed by atoms with Gasteiger partial charge in [-0.15, -0.1) is 0 Å². The summed E-state index contributed by atoms with van der Waals surface area (Å²) in [5.41, 5.74) is 2.68. The Bertz CT molecular complexity index is 634. The van der Waals surface area contributed by atoms with Crippen LogP contribution < -0.4 is 9.80 Å². The standard InChI is InChI=1S/C17H22N4/c1-4-20(5-2)16-12-17(19-13(3)18-16)21-11-10-14-8-6-7-9-15(14)21/h6-9,12H,4-5,10-11H2,1-3H3. The average Bonchev–Trinajstić information content (AvgIpc) is 2.92. The number of aromatic nitrogens is 2. The van der Waals surface area contributed by atoms with Crippen LogP contribution in [0.4, 0.5) is 17.3 Å². The Morgan fingerprint density at radius 2 is 1.90 bits per heavy atom. The van der Waals surface area contributed by atoms with Crippen LogP contribution in [-0.4, -0.2) is 29.6 Å². The molecule has 1 aliphatic rings. The summed E-state index contributed by atoms with van der Waals surface area (Å²) in [6.45, 7) is 9.20. The Kier molecular flexibility index (Phi) is 3.78. The first kappa shape index (κ1) is 13.9. The van der Waals surface area contributed by atoms with Crippen LogP contribution in [0.15, 0.2) is 30.3 Å². The minimum absolute atomic E-state index is 0.832. The molecule has 4 heteroatoms. The van der Waals surface area contributed by atoms with E-state index < -0.39 is 0 Å². The van der Waals surface area contributed by atoms with E-state index in [-0.39, 0.29) is 0 Å². The first-order valence-electron chi connectivity index (χ1n) is 7.69. The van der Waals surface area contributed by atoms with Gasteiger partial charge in [0.2, 0.25) is 0 Å². The maximum Gasteiger partial charge on any atom is 0.138 e. The molecule has 1 aromatic carbocycles. The van der Waals surface area contributed by atoms with E-state index in [9.17, 15) is 0 Å². The van der Waals surface area contributed by atoms with Crippen LogP contribution in [0.2, 0.25) is 0 Å². The highest BCUT2D eigenvalue weighted by Gasteiger charge is 2.22. The van der Waals surface area contributed by atoms with Crippen molar-refractivity contribution in [3.63, 3.8) is 0 Å². The topological polar surface area (TPSA) is 32.3 Å². The van der Waals surface area contributed by atoms with Gasteiger partial charge in [0.1, 0.15) is 17.5 Å². The highest BCUT2D eigenvalue weighted by atomic mass is 15.2. The van der Waals surface area contributed by atoms with Gasteiger partial charge in [0.15, 0.2) is 0 Å². The van der Waals surface area contributed by atoms with E-state index in [4.69, 9.17) is 0 Å². The number of hydrogen-bond donors (Lipinski definition) is 0. The predicted octanol–water partition coefficient (Wildman–Crippen LogP) is 3.33. The Morgan fingerprint density at radius 1 is 1.14 bits per heavy atom. The van der Waals surface area contributed by atoms with Gasteiger partial charge in [-0.3, -0.25) is 0 Å². The lowest BCUT2D eigenvalue weighted by atomic mass is 10.2. The Morgan fingerprint density at radius 3 is 2.67 bits per heavy atom. The van der Waals surface area contributed by atoms with Crippen LogP contribution in [0, 0.1) is 6.92 Å². The summed E-state index contributed by atoms with van der Waals surface area (Å²) in [6.07, 6.45) is 1.08. The monoisotopic (exact) mass is 282 g/mol. The molecule has 0 unspecified atom stereocenters. The molecule has 2 heterocycles. The van der Waals surface area contributed by atoms with Gasteiger partial charge in [-0.2, -0.15) is 0 Å². The molecule has 0 bridgehead atoms. The molecule has 0 saturated heterocycles. The van der Waals surface area contributed by atoms with Crippen molar-refractivity contribution >= 4 is 17.3 Å². The number of fused-ring (bicyclic) bond motifs is 1. The highest BCUT2D eigenvalue weighted by molar-refractivity contribution is 5.69. The molecule has 0 aliphatic carbocycles. The maximum absolute atomic E-state index is 4.65. The van der Waals surface area contributed by atoms with Gasteiger partial charge in [0, 0.05) is 31.4 Å². The highest BCUT2D eigenvalue weighted by Crippen LogP contribution is 2.34. The molecule has 110 valence electrons. The van der Waals surface area contributed by atoms with Gasteiger partial charge in [-0.25, -0.2) is 9.97 Å². The van der Waals surface area contributed by atoms with Gasteiger partial charge in [0.25, 0.3) is 0 Å². The molecule has 1 aliphatic heterocycles. The predicted molar refractivity (Wildman–Crippen MR) is 87.5 cm³/mol. The van der Waals surface area contributed by atoms with E-state index in [2.05, 4.69) is 63.9 Å². The van der Waals surface area contributed by atoms with Crippen LogP contribution in [0.1, 0.15) is 25.2 Å². The number of anilines is 3. The van der Waals surface area contributed by atoms with Gasteiger partial charge in [-0.1, -0.05) is 18.2 Å². The molecule has 4 nitrogen and oxygen atoms in total. The van der Waals surface area contributed by atoms with Crippen LogP contribution in [-0.2, 0) is 6.42 Å². The molecule has 0 fully saturated rings. The third-order valence-corrected chi connectivity index (χ3v) is 4.06. The number of hydrogen-bond acceptors (Lipinski definition) is 4. The number of para-hydroxylation sites is 1. The minimum atomic E-state index is 0.832. The van der Waals surface area contributed by atoms with Gasteiger partial charge >= 0.3 is 0 Å². The molecular formula is C17H22N4. The second kappa shape index (κ2) is 5.72. The van der Waals surface area contributed by atoms with Crippen LogP contribution in [0.5, 0.6) is 0 Å². The lowest BCUT2D eigenvalue weighted by Crippen LogP contribution is -2.24. The van der Waals surface area contributed by atoms with Crippen molar-refractivity contribution in [3.8, 4) is 0 Å². The maximum atomic E-state index is 4.65. The molecule has 1 aromatic heterocycles. The van der Waals surface area contributed by atoms with Crippen molar-refractivity contribution in [1.29, 1.82) is 0 Å². The number of benzene rings is 1. The molecule has 0 radical (unpaired) electrons. The summed E-state index contributed by atoms with van der Waals surface area (Å²) in [7, 11) is 0. The second-order valence-electron chi connectivity index (χ2n) is 5.33. The summed E-state index contributed by atoms with van der Waals surface area (Å²) in [5, 5.41) is 0. The van der Waals surface area contributed by atoms with E-state index in [1.54, 1.807) is 0 Å². The fraction of sp³-hybridized carbons (Fsp3) is 0.412. The third-order valence-electron chi connectivity index (χ3n) is 4.06. The van der Waals surface area contributed by atoms with Crippen molar-refractivity contribution < 1.29 is 0 Å². The van der Waals surface area contributed by atoms with Gasteiger partial charge in [0.05, 0.1) is 0 Å². The SMILES string of the molecule is CCN(CC)c1cc(N2CCc3ccccc32)nc(C)n1. The summed E-state index contributed by atoms with van der Waals surface area (Å²) < 4.78 is 0. The molecule has 0 atom stereocenters. The smallest absolute Gasteiger partial charge is 0.138 e. The minimum Gasteiger partial charge on any atom is -0.357 e. The van der Waals surface area contributed by atoms with E-state index in [1.807, 2.05) is 6.92 Å². The normalized spacial score (nSPS) is 13.4. The second-order valence-corrected chi connectivity index (χ2v) is 5.33. The zero-order chi connectivity index (χ0) is 14.8.